The molecule has 3 aromatic rings. The molecule has 0 aliphatic rings. The van der Waals surface area contributed by atoms with Gasteiger partial charge in [-0.05, 0) is 42.0 Å². The fourth-order valence-electron chi connectivity index (χ4n) is 2.49. The maximum Gasteiger partial charge on any atom is 0.416 e. The molecule has 0 saturated carbocycles. The van der Waals surface area contributed by atoms with Crippen LogP contribution in [-0.4, -0.2) is 10.9 Å². The van der Waals surface area contributed by atoms with Gasteiger partial charge in [-0.1, -0.05) is 24.3 Å². The molecule has 0 aliphatic heterocycles. The van der Waals surface area contributed by atoms with Crippen LogP contribution in [0, 0.1) is 0 Å². The van der Waals surface area contributed by atoms with Crippen molar-refractivity contribution in [3.05, 3.63) is 95.8 Å². The van der Waals surface area contributed by atoms with Crippen LogP contribution in [0.4, 0.5) is 18.9 Å². The fourth-order valence-corrected chi connectivity index (χ4v) is 2.49. The van der Waals surface area contributed by atoms with E-state index in [0.717, 1.165) is 17.7 Å². The van der Waals surface area contributed by atoms with Gasteiger partial charge in [-0.2, -0.15) is 13.2 Å². The third-order valence-corrected chi connectivity index (χ3v) is 3.87. The van der Waals surface area contributed by atoms with Crippen molar-refractivity contribution in [3.8, 4) is 5.75 Å². The molecule has 0 aliphatic carbocycles. The van der Waals surface area contributed by atoms with Gasteiger partial charge in [0.15, 0.2) is 0 Å². The Kier molecular flexibility index (Phi) is 6.29. The molecule has 3 rings (SSSR count). The van der Waals surface area contributed by atoms with Gasteiger partial charge in [0, 0.05) is 35.8 Å². The number of halogens is 3. The molecule has 0 unspecified atom stereocenters. The number of hydrogen-bond donors (Lipinski definition) is 1. The van der Waals surface area contributed by atoms with Gasteiger partial charge in [0.25, 0.3) is 0 Å². The quantitative estimate of drug-likeness (QED) is 0.571. The number of carbonyl (C=O) groups is 1. The number of anilines is 1. The summed E-state index contributed by atoms with van der Waals surface area (Å²) in [4.78, 5) is 16.1. The van der Waals surface area contributed by atoms with E-state index in [2.05, 4.69) is 10.3 Å². The molecule has 0 saturated heterocycles. The van der Waals surface area contributed by atoms with Crippen LogP contribution >= 0.6 is 0 Å². The van der Waals surface area contributed by atoms with Crippen LogP contribution in [0.5, 0.6) is 5.75 Å². The average molecular weight is 398 g/mol. The maximum absolute atomic E-state index is 12.7. The van der Waals surface area contributed by atoms with E-state index in [-0.39, 0.29) is 5.56 Å². The third kappa shape index (κ3) is 6.21. The molecule has 29 heavy (non-hydrogen) atoms. The van der Waals surface area contributed by atoms with Gasteiger partial charge in [0.1, 0.15) is 12.4 Å². The summed E-state index contributed by atoms with van der Waals surface area (Å²) in [5.74, 6) is 0.0975. The average Bonchev–Trinajstić information content (AvgIpc) is 2.71. The molecule has 0 bridgehead atoms. The summed E-state index contributed by atoms with van der Waals surface area (Å²) in [6, 6.07) is 15.3. The van der Waals surface area contributed by atoms with Crippen molar-refractivity contribution in [1.29, 1.82) is 0 Å². The van der Waals surface area contributed by atoms with Crippen LogP contribution in [0.1, 0.15) is 16.7 Å². The molecule has 1 heterocycles. The molecule has 1 N–H and O–H groups in total. The van der Waals surface area contributed by atoms with Gasteiger partial charge >= 0.3 is 6.18 Å². The first-order chi connectivity index (χ1) is 13.9. The number of pyridine rings is 1. The summed E-state index contributed by atoms with van der Waals surface area (Å²) in [5, 5.41) is 2.66. The summed E-state index contributed by atoms with van der Waals surface area (Å²) >= 11 is 0. The first-order valence-corrected chi connectivity index (χ1v) is 8.68. The zero-order valence-electron chi connectivity index (χ0n) is 15.2. The Labute approximate surface area is 165 Å². The minimum absolute atomic E-state index is 0.281. The molecule has 0 radical (unpaired) electrons. The number of nitrogens with one attached hydrogen (secondary N) is 1. The lowest BCUT2D eigenvalue weighted by Crippen LogP contribution is -2.08. The SMILES string of the molecule is O=C(C=Cc1cccc(C(F)(F)F)c1)Nc1cccc(OCc2cccnc2)c1. The lowest BCUT2D eigenvalue weighted by Gasteiger charge is -2.08. The maximum atomic E-state index is 12.7. The predicted octanol–water partition coefficient (Wildman–Crippen LogP) is 5.33. The molecule has 2 aromatic carbocycles. The molecule has 1 amide bonds. The zero-order chi connectivity index (χ0) is 20.7. The van der Waals surface area contributed by atoms with E-state index in [9.17, 15) is 18.0 Å². The Hall–Kier alpha value is -3.61. The zero-order valence-corrected chi connectivity index (χ0v) is 15.2. The van der Waals surface area contributed by atoms with Gasteiger partial charge in [-0.15, -0.1) is 0 Å². The summed E-state index contributed by atoms with van der Waals surface area (Å²) in [7, 11) is 0. The Morgan fingerprint density at radius 2 is 1.90 bits per heavy atom. The highest BCUT2D eigenvalue weighted by Crippen LogP contribution is 2.29. The number of aromatic nitrogens is 1. The predicted molar refractivity (Wildman–Crippen MR) is 104 cm³/mol. The number of ether oxygens (including phenoxy) is 1. The number of nitrogens with zero attached hydrogens (tertiary/aromatic N) is 1. The Bertz CT molecular complexity index is 1000. The Morgan fingerprint density at radius 1 is 1.07 bits per heavy atom. The topological polar surface area (TPSA) is 51.2 Å². The van der Waals surface area contributed by atoms with Crippen LogP contribution < -0.4 is 10.1 Å². The van der Waals surface area contributed by atoms with Crippen LogP contribution in [0.25, 0.3) is 6.08 Å². The van der Waals surface area contributed by atoms with Crippen molar-refractivity contribution in [2.45, 2.75) is 12.8 Å². The first-order valence-electron chi connectivity index (χ1n) is 8.68. The first kappa shape index (κ1) is 20.1. The molecule has 4 nitrogen and oxygen atoms in total. The van der Waals surface area contributed by atoms with E-state index in [0.29, 0.717) is 18.0 Å². The number of alkyl halides is 3. The van der Waals surface area contributed by atoms with Gasteiger partial charge < -0.3 is 10.1 Å². The molecule has 0 spiro atoms. The number of hydrogen-bond acceptors (Lipinski definition) is 3. The second-order valence-corrected chi connectivity index (χ2v) is 6.12. The number of benzene rings is 2. The van der Waals surface area contributed by atoms with Gasteiger partial charge in [0.05, 0.1) is 5.56 Å². The molecular formula is C22H17F3N2O2. The minimum Gasteiger partial charge on any atom is -0.489 e. The summed E-state index contributed by atoms with van der Waals surface area (Å²) < 4.78 is 43.9. The highest BCUT2D eigenvalue weighted by atomic mass is 19.4. The monoisotopic (exact) mass is 398 g/mol. The standard InChI is InChI=1S/C22H17F3N2O2/c23-22(24,25)18-6-1-4-16(12-18)9-10-21(28)27-19-7-2-8-20(13-19)29-15-17-5-3-11-26-14-17/h1-14H,15H2,(H,27,28). The summed E-state index contributed by atoms with van der Waals surface area (Å²) in [6.45, 7) is 0.334. The largest absolute Gasteiger partial charge is 0.489 e. The van der Waals surface area contributed by atoms with Crippen molar-refractivity contribution in [3.63, 3.8) is 0 Å². The number of carbonyl (C=O) groups excluding carboxylic acids is 1. The third-order valence-electron chi connectivity index (χ3n) is 3.87. The molecule has 0 fully saturated rings. The Morgan fingerprint density at radius 3 is 2.66 bits per heavy atom. The second-order valence-electron chi connectivity index (χ2n) is 6.12. The number of rotatable bonds is 6. The van der Waals surface area contributed by atoms with E-state index in [1.807, 2.05) is 12.1 Å². The van der Waals surface area contributed by atoms with Crippen LogP contribution in [0.2, 0.25) is 0 Å². The lowest BCUT2D eigenvalue weighted by atomic mass is 10.1. The van der Waals surface area contributed by atoms with Crippen molar-refractivity contribution >= 4 is 17.7 Å². The molecule has 7 heteroatoms. The summed E-state index contributed by atoms with van der Waals surface area (Å²) in [6.07, 6.45) is 1.45. The van der Waals surface area contributed by atoms with Crippen LogP contribution in [-0.2, 0) is 17.6 Å². The van der Waals surface area contributed by atoms with E-state index in [4.69, 9.17) is 4.74 Å². The van der Waals surface area contributed by atoms with Crippen LogP contribution in [0.15, 0.2) is 79.1 Å². The normalized spacial score (nSPS) is 11.4. The molecule has 1 aromatic heterocycles. The van der Waals surface area contributed by atoms with Crippen molar-refractivity contribution < 1.29 is 22.7 Å². The van der Waals surface area contributed by atoms with Gasteiger partial charge in [-0.25, -0.2) is 0 Å². The fraction of sp³-hybridized carbons (Fsp3) is 0.0909. The number of amides is 1. The van der Waals surface area contributed by atoms with Crippen LogP contribution in [0.3, 0.4) is 0 Å². The molecule has 0 atom stereocenters. The van der Waals surface area contributed by atoms with E-state index < -0.39 is 17.6 Å². The lowest BCUT2D eigenvalue weighted by molar-refractivity contribution is -0.137. The van der Waals surface area contributed by atoms with E-state index in [1.165, 1.54) is 24.3 Å². The highest BCUT2D eigenvalue weighted by Gasteiger charge is 2.30. The van der Waals surface area contributed by atoms with Crippen molar-refractivity contribution in [2.75, 3.05) is 5.32 Å². The molecular weight excluding hydrogens is 381 g/mol. The highest BCUT2D eigenvalue weighted by molar-refractivity contribution is 6.02. The molecule has 148 valence electrons. The van der Waals surface area contributed by atoms with Gasteiger partial charge in [0.2, 0.25) is 5.91 Å². The van der Waals surface area contributed by atoms with Crippen molar-refractivity contribution in [2.24, 2.45) is 0 Å². The minimum atomic E-state index is -4.43. The van der Waals surface area contributed by atoms with Crippen molar-refractivity contribution in [1.82, 2.24) is 4.98 Å². The second kappa shape index (κ2) is 9.05. The Balaban J connectivity index is 1.60. The van der Waals surface area contributed by atoms with E-state index >= 15 is 0 Å². The smallest absolute Gasteiger partial charge is 0.416 e. The van der Waals surface area contributed by atoms with Gasteiger partial charge in [-0.3, -0.25) is 9.78 Å². The van der Waals surface area contributed by atoms with E-state index in [1.54, 1.807) is 36.7 Å². The summed E-state index contributed by atoms with van der Waals surface area (Å²) in [5.41, 5.74) is 0.931.